The molecule has 0 radical (unpaired) electrons. The highest BCUT2D eigenvalue weighted by Crippen LogP contribution is 2.06. The number of benzene rings is 1. The van der Waals surface area contributed by atoms with Crippen LogP contribution in [0.2, 0.25) is 0 Å². The molecule has 1 fully saturated rings. The average Bonchev–Trinajstić information content (AvgIpc) is 3.05. The van der Waals surface area contributed by atoms with Crippen molar-refractivity contribution < 1.29 is 13.2 Å². The molecule has 130 valence electrons. The van der Waals surface area contributed by atoms with Gasteiger partial charge in [0.05, 0.1) is 5.75 Å². The van der Waals surface area contributed by atoms with Crippen molar-refractivity contribution in [3.63, 3.8) is 0 Å². The van der Waals surface area contributed by atoms with E-state index in [0.29, 0.717) is 18.2 Å². The van der Waals surface area contributed by atoms with E-state index >= 15 is 0 Å². The summed E-state index contributed by atoms with van der Waals surface area (Å²) in [7, 11) is -3.20. The minimum atomic E-state index is -3.20. The predicted molar refractivity (Wildman–Crippen MR) is 93.3 cm³/mol. The van der Waals surface area contributed by atoms with Gasteiger partial charge in [0.15, 0.2) is 0 Å². The van der Waals surface area contributed by atoms with E-state index in [0.717, 1.165) is 24.9 Å². The first-order valence-electron chi connectivity index (χ1n) is 7.58. The van der Waals surface area contributed by atoms with Gasteiger partial charge in [0.1, 0.15) is 0 Å². The van der Waals surface area contributed by atoms with E-state index in [1.54, 1.807) is 31.2 Å². The molecule has 6 nitrogen and oxygen atoms in total. The molecular formula is C15H24ClN3O3S. The smallest absolute Gasteiger partial charge is 0.251 e. The molecule has 0 bridgehead atoms. The summed E-state index contributed by atoms with van der Waals surface area (Å²) in [6.45, 7) is 3.48. The van der Waals surface area contributed by atoms with Crippen molar-refractivity contribution in [2.24, 2.45) is 0 Å². The molecule has 0 aromatic heterocycles. The molecule has 1 heterocycles. The molecule has 1 aliphatic rings. The van der Waals surface area contributed by atoms with Gasteiger partial charge < -0.3 is 10.6 Å². The molecule has 1 amide bonds. The zero-order valence-corrected chi connectivity index (χ0v) is 14.8. The van der Waals surface area contributed by atoms with Gasteiger partial charge in [-0.15, -0.1) is 12.4 Å². The largest absolute Gasteiger partial charge is 0.350 e. The minimum Gasteiger partial charge on any atom is -0.350 e. The van der Waals surface area contributed by atoms with Crippen LogP contribution < -0.4 is 15.4 Å². The van der Waals surface area contributed by atoms with Gasteiger partial charge in [-0.1, -0.05) is 12.1 Å². The van der Waals surface area contributed by atoms with Crippen LogP contribution in [-0.4, -0.2) is 39.2 Å². The van der Waals surface area contributed by atoms with Gasteiger partial charge in [-0.05, 0) is 44.0 Å². The molecule has 2 rings (SSSR count). The summed E-state index contributed by atoms with van der Waals surface area (Å²) in [5.41, 5.74) is 1.41. The van der Waals surface area contributed by atoms with Gasteiger partial charge in [-0.25, -0.2) is 13.1 Å². The van der Waals surface area contributed by atoms with E-state index in [9.17, 15) is 13.2 Å². The second kappa shape index (κ2) is 9.22. The number of sulfonamides is 1. The molecule has 1 aromatic carbocycles. The summed E-state index contributed by atoms with van der Waals surface area (Å²) in [5, 5.41) is 6.24. The zero-order chi connectivity index (χ0) is 16.0. The Hall–Kier alpha value is -1.15. The van der Waals surface area contributed by atoms with E-state index in [1.807, 2.05) is 0 Å². The second-order valence-corrected chi connectivity index (χ2v) is 7.52. The maximum Gasteiger partial charge on any atom is 0.251 e. The van der Waals surface area contributed by atoms with Crippen molar-refractivity contribution in [2.45, 2.75) is 32.4 Å². The van der Waals surface area contributed by atoms with Crippen molar-refractivity contribution in [3.8, 4) is 0 Å². The van der Waals surface area contributed by atoms with E-state index in [4.69, 9.17) is 0 Å². The van der Waals surface area contributed by atoms with Crippen molar-refractivity contribution in [2.75, 3.05) is 18.8 Å². The SMILES string of the molecule is CCS(=O)(=O)NCc1ccc(C(=O)NCC2CCCN2)cc1.Cl. The Kier molecular flexibility index (Phi) is 7.98. The standard InChI is InChI=1S/C15H23N3O3S.ClH/c1-2-22(20,21)18-10-12-5-7-13(8-6-12)15(19)17-11-14-4-3-9-16-14;/h5-8,14,16,18H,2-4,9-11H2,1H3,(H,17,19);1H. The van der Waals surface area contributed by atoms with Crippen LogP contribution in [0, 0.1) is 0 Å². The molecule has 1 aromatic rings. The lowest BCUT2D eigenvalue weighted by Gasteiger charge is -2.11. The van der Waals surface area contributed by atoms with Crippen LogP contribution in [-0.2, 0) is 16.6 Å². The van der Waals surface area contributed by atoms with Crippen LogP contribution in [0.5, 0.6) is 0 Å². The third-order valence-corrected chi connectivity index (χ3v) is 5.11. The van der Waals surface area contributed by atoms with Crippen LogP contribution in [0.15, 0.2) is 24.3 Å². The summed E-state index contributed by atoms with van der Waals surface area (Å²) in [5.74, 6) is -0.0442. The monoisotopic (exact) mass is 361 g/mol. The predicted octanol–water partition coefficient (Wildman–Crippen LogP) is 1.03. The third kappa shape index (κ3) is 6.47. The molecule has 0 aliphatic carbocycles. The van der Waals surface area contributed by atoms with Crippen molar-refractivity contribution in [1.82, 2.24) is 15.4 Å². The maximum absolute atomic E-state index is 12.0. The number of amides is 1. The van der Waals surface area contributed by atoms with Crippen molar-refractivity contribution >= 4 is 28.3 Å². The summed E-state index contributed by atoms with van der Waals surface area (Å²) < 4.78 is 25.3. The average molecular weight is 362 g/mol. The Morgan fingerprint density at radius 2 is 2.00 bits per heavy atom. The van der Waals surface area contributed by atoms with Gasteiger partial charge in [-0.2, -0.15) is 0 Å². The van der Waals surface area contributed by atoms with Gasteiger partial charge in [0, 0.05) is 24.7 Å². The summed E-state index contributed by atoms with van der Waals surface area (Å²) in [6, 6.07) is 7.33. The van der Waals surface area contributed by atoms with Crippen LogP contribution >= 0.6 is 12.4 Å². The number of nitrogens with one attached hydrogen (secondary N) is 3. The van der Waals surface area contributed by atoms with Gasteiger partial charge in [0.25, 0.3) is 5.91 Å². The van der Waals surface area contributed by atoms with Crippen LogP contribution in [0.1, 0.15) is 35.7 Å². The van der Waals surface area contributed by atoms with Gasteiger partial charge >= 0.3 is 0 Å². The zero-order valence-electron chi connectivity index (χ0n) is 13.2. The van der Waals surface area contributed by atoms with Crippen LogP contribution in [0.25, 0.3) is 0 Å². The van der Waals surface area contributed by atoms with E-state index in [-0.39, 0.29) is 30.6 Å². The first-order valence-corrected chi connectivity index (χ1v) is 9.23. The number of carbonyl (C=O) groups excluding carboxylic acids is 1. The number of halogens is 1. The lowest BCUT2D eigenvalue weighted by atomic mass is 10.1. The highest BCUT2D eigenvalue weighted by Gasteiger charge is 2.15. The molecule has 0 saturated carbocycles. The molecule has 0 spiro atoms. The normalized spacial score (nSPS) is 17.5. The van der Waals surface area contributed by atoms with Crippen LogP contribution in [0.3, 0.4) is 0 Å². The second-order valence-electron chi connectivity index (χ2n) is 5.42. The van der Waals surface area contributed by atoms with Crippen LogP contribution in [0.4, 0.5) is 0 Å². The Bertz CT molecular complexity index is 599. The lowest BCUT2D eigenvalue weighted by molar-refractivity contribution is 0.0950. The molecule has 1 saturated heterocycles. The molecule has 1 aliphatic heterocycles. The maximum atomic E-state index is 12.0. The Balaban J connectivity index is 0.00000264. The number of rotatable bonds is 7. The fourth-order valence-electron chi connectivity index (χ4n) is 2.32. The van der Waals surface area contributed by atoms with Crippen molar-refractivity contribution in [3.05, 3.63) is 35.4 Å². The quantitative estimate of drug-likeness (QED) is 0.677. The molecule has 1 unspecified atom stereocenters. The number of hydrogen-bond acceptors (Lipinski definition) is 4. The molecule has 23 heavy (non-hydrogen) atoms. The van der Waals surface area contributed by atoms with Crippen molar-refractivity contribution in [1.29, 1.82) is 0 Å². The lowest BCUT2D eigenvalue weighted by Crippen LogP contribution is -2.37. The first-order chi connectivity index (χ1) is 10.5. The summed E-state index contributed by atoms with van der Waals surface area (Å²) in [4.78, 5) is 12.0. The summed E-state index contributed by atoms with van der Waals surface area (Å²) >= 11 is 0. The van der Waals surface area contributed by atoms with E-state index in [2.05, 4.69) is 15.4 Å². The number of carbonyl (C=O) groups is 1. The molecule has 1 atom stereocenters. The fraction of sp³-hybridized carbons (Fsp3) is 0.533. The summed E-state index contributed by atoms with van der Waals surface area (Å²) in [6.07, 6.45) is 2.25. The molecular weight excluding hydrogens is 338 g/mol. The van der Waals surface area contributed by atoms with Gasteiger partial charge in [-0.3, -0.25) is 4.79 Å². The third-order valence-electron chi connectivity index (χ3n) is 3.76. The Morgan fingerprint density at radius 1 is 1.30 bits per heavy atom. The Morgan fingerprint density at radius 3 is 2.57 bits per heavy atom. The van der Waals surface area contributed by atoms with E-state index < -0.39 is 10.0 Å². The van der Waals surface area contributed by atoms with E-state index in [1.165, 1.54) is 0 Å². The Labute approximate surface area is 143 Å². The van der Waals surface area contributed by atoms with Gasteiger partial charge in [0.2, 0.25) is 10.0 Å². The number of hydrogen-bond donors (Lipinski definition) is 3. The highest BCUT2D eigenvalue weighted by molar-refractivity contribution is 7.89. The topological polar surface area (TPSA) is 87.3 Å². The first kappa shape index (κ1) is 19.9. The molecule has 8 heteroatoms. The molecule has 3 N–H and O–H groups in total. The highest BCUT2D eigenvalue weighted by atomic mass is 35.5. The minimum absolute atomic E-state index is 0. The fourth-order valence-corrected chi connectivity index (χ4v) is 2.91.